The van der Waals surface area contributed by atoms with Crippen LogP contribution in [0.1, 0.15) is 11.1 Å². The number of halogens is 4. The Labute approximate surface area is 180 Å². The lowest BCUT2D eigenvalue weighted by Crippen LogP contribution is -2.48. The van der Waals surface area contributed by atoms with Gasteiger partial charge in [-0.25, -0.2) is 4.98 Å². The first-order valence-electron chi connectivity index (χ1n) is 9.12. The number of thioether (sulfide) groups is 1. The number of aliphatic imine (C=N–C) groups is 1. The molecule has 2 aliphatic heterocycles. The van der Waals surface area contributed by atoms with Gasteiger partial charge in [-0.1, -0.05) is 29.8 Å². The summed E-state index contributed by atoms with van der Waals surface area (Å²) in [4.78, 5) is 25.2. The van der Waals surface area contributed by atoms with E-state index in [1.165, 1.54) is 23.9 Å². The van der Waals surface area contributed by atoms with Crippen LogP contribution >= 0.6 is 23.4 Å². The third-order valence-electron chi connectivity index (χ3n) is 4.72. The fourth-order valence-corrected chi connectivity index (χ4v) is 4.28. The number of hydrogen-bond donors (Lipinski definition) is 0. The lowest BCUT2D eigenvalue weighted by Gasteiger charge is -2.36. The van der Waals surface area contributed by atoms with Crippen LogP contribution in [0, 0.1) is 0 Å². The normalized spacial score (nSPS) is 18.9. The number of amides is 1. The smallest absolute Gasteiger partial charge is 0.353 e. The Balaban J connectivity index is 1.39. The van der Waals surface area contributed by atoms with Gasteiger partial charge in [-0.15, -0.1) is 0 Å². The van der Waals surface area contributed by atoms with Gasteiger partial charge in [0.1, 0.15) is 11.0 Å². The van der Waals surface area contributed by atoms with Crippen molar-refractivity contribution in [3.8, 4) is 0 Å². The molecule has 0 aliphatic carbocycles. The maximum Gasteiger partial charge on any atom is 0.416 e. The number of alkyl halides is 3. The summed E-state index contributed by atoms with van der Waals surface area (Å²) < 4.78 is 38.1. The number of hydrogen-bond acceptors (Lipinski definition) is 5. The number of benzene rings is 1. The molecule has 0 radical (unpaired) electrons. The molecule has 0 unspecified atom stereocenters. The first-order chi connectivity index (χ1) is 14.3. The van der Waals surface area contributed by atoms with Gasteiger partial charge >= 0.3 is 6.18 Å². The first-order valence-corrected chi connectivity index (χ1v) is 10.3. The summed E-state index contributed by atoms with van der Waals surface area (Å²) >= 11 is 7.20. The summed E-state index contributed by atoms with van der Waals surface area (Å²) in [7, 11) is 0. The number of nitrogens with zero attached hydrogens (tertiary/aromatic N) is 4. The molecule has 0 spiro atoms. The van der Waals surface area contributed by atoms with E-state index in [0.717, 1.165) is 18.0 Å². The molecule has 3 heterocycles. The van der Waals surface area contributed by atoms with Gasteiger partial charge < -0.3 is 9.80 Å². The van der Waals surface area contributed by atoms with E-state index in [4.69, 9.17) is 11.6 Å². The summed E-state index contributed by atoms with van der Waals surface area (Å²) in [5.74, 6) is 0.427. The van der Waals surface area contributed by atoms with E-state index in [1.807, 2.05) is 17.0 Å². The van der Waals surface area contributed by atoms with E-state index in [-0.39, 0.29) is 5.91 Å². The molecule has 156 valence electrons. The highest BCUT2D eigenvalue weighted by Gasteiger charge is 2.31. The molecule has 1 fully saturated rings. The molecule has 1 aromatic carbocycles. The van der Waals surface area contributed by atoms with Gasteiger partial charge in [0.25, 0.3) is 5.91 Å². The van der Waals surface area contributed by atoms with Crippen molar-refractivity contribution in [3.05, 3.63) is 63.6 Å². The second kappa shape index (κ2) is 8.31. The number of aromatic nitrogens is 1. The lowest BCUT2D eigenvalue weighted by atomic mass is 10.1. The zero-order chi connectivity index (χ0) is 21.3. The topological polar surface area (TPSA) is 48.8 Å². The van der Waals surface area contributed by atoms with Gasteiger partial charge in [0, 0.05) is 26.2 Å². The predicted octanol–water partition coefficient (Wildman–Crippen LogP) is 4.55. The van der Waals surface area contributed by atoms with Gasteiger partial charge in [-0.2, -0.15) is 18.2 Å². The number of anilines is 1. The largest absolute Gasteiger partial charge is 0.416 e. The minimum atomic E-state index is -4.39. The van der Waals surface area contributed by atoms with Crippen molar-refractivity contribution in [3.63, 3.8) is 0 Å². The molecule has 4 rings (SSSR count). The number of amidine groups is 1. The van der Waals surface area contributed by atoms with Crippen molar-refractivity contribution in [1.29, 1.82) is 0 Å². The molecule has 1 saturated heterocycles. The van der Waals surface area contributed by atoms with Crippen LogP contribution < -0.4 is 4.90 Å². The molecule has 1 aromatic heterocycles. The fourth-order valence-electron chi connectivity index (χ4n) is 3.15. The predicted molar refractivity (Wildman–Crippen MR) is 112 cm³/mol. The molecule has 30 heavy (non-hydrogen) atoms. The van der Waals surface area contributed by atoms with Crippen LogP contribution in [0.4, 0.5) is 19.0 Å². The van der Waals surface area contributed by atoms with Crippen LogP contribution in [-0.2, 0) is 11.0 Å². The third-order valence-corrected chi connectivity index (χ3v) is 5.97. The first kappa shape index (κ1) is 20.7. The molecule has 2 aliphatic rings. The van der Waals surface area contributed by atoms with Crippen LogP contribution in [-0.4, -0.2) is 47.1 Å². The Morgan fingerprint density at radius 1 is 1.00 bits per heavy atom. The van der Waals surface area contributed by atoms with Gasteiger partial charge in [-0.05, 0) is 47.7 Å². The molecule has 0 bridgehead atoms. The van der Waals surface area contributed by atoms with Gasteiger partial charge in [0.05, 0.1) is 10.5 Å². The van der Waals surface area contributed by atoms with E-state index in [0.29, 0.717) is 47.0 Å². The standard InChI is InChI=1S/C20H16ClF3N4OS/c21-16-2-1-3-17(25-16)27-8-10-28(11-9-27)19-26-18(29)15(30-19)12-13-4-6-14(7-5-13)20(22,23)24/h1-7,12H,8-11H2. The summed E-state index contributed by atoms with van der Waals surface area (Å²) in [6.07, 6.45) is -2.82. The van der Waals surface area contributed by atoms with Gasteiger partial charge in [-0.3, -0.25) is 4.79 Å². The van der Waals surface area contributed by atoms with E-state index in [2.05, 4.69) is 14.9 Å². The molecule has 1 amide bonds. The third kappa shape index (κ3) is 4.62. The van der Waals surface area contributed by atoms with Gasteiger partial charge in [0.15, 0.2) is 5.17 Å². The van der Waals surface area contributed by atoms with E-state index < -0.39 is 11.7 Å². The molecule has 0 saturated carbocycles. The zero-order valence-corrected chi connectivity index (χ0v) is 17.1. The van der Waals surface area contributed by atoms with Gasteiger partial charge in [0.2, 0.25) is 0 Å². The van der Waals surface area contributed by atoms with Crippen molar-refractivity contribution in [1.82, 2.24) is 9.88 Å². The van der Waals surface area contributed by atoms with Crippen LogP contribution in [0.3, 0.4) is 0 Å². The Morgan fingerprint density at radius 3 is 2.30 bits per heavy atom. The van der Waals surface area contributed by atoms with E-state index >= 15 is 0 Å². The summed E-state index contributed by atoms with van der Waals surface area (Å²) in [6.45, 7) is 2.75. The summed E-state index contributed by atoms with van der Waals surface area (Å²) in [6, 6.07) is 10.2. The van der Waals surface area contributed by atoms with Crippen LogP contribution in [0.2, 0.25) is 5.15 Å². The van der Waals surface area contributed by atoms with Crippen LogP contribution in [0.15, 0.2) is 52.4 Å². The molecule has 0 N–H and O–H groups in total. The fraction of sp³-hybridized carbons (Fsp3) is 0.250. The average Bonchev–Trinajstić information content (AvgIpc) is 3.08. The summed E-state index contributed by atoms with van der Waals surface area (Å²) in [5.41, 5.74) is -0.203. The number of rotatable bonds is 2. The number of carbonyl (C=O) groups is 1. The Bertz CT molecular complexity index is 1020. The number of carbonyl (C=O) groups excluding carboxylic acids is 1. The molecule has 10 heteroatoms. The average molecular weight is 453 g/mol. The van der Waals surface area contributed by atoms with Crippen LogP contribution in [0.5, 0.6) is 0 Å². The highest BCUT2D eigenvalue weighted by Crippen LogP contribution is 2.33. The molecule has 5 nitrogen and oxygen atoms in total. The maximum atomic E-state index is 12.7. The number of pyridine rings is 1. The molecule has 2 aromatic rings. The quantitative estimate of drug-likeness (QED) is 0.494. The van der Waals surface area contributed by atoms with E-state index in [9.17, 15) is 18.0 Å². The Hall–Kier alpha value is -2.52. The van der Waals surface area contributed by atoms with Crippen molar-refractivity contribution < 1.29 is 18.0 Å². The molecular weight excluding hydrogens is 437 g/mol. The lowest BCUT2D eigenvalue weighted by molar-refractivity contribution is -0.137. The second-order valence-electron chi connectivity index (χ2n) is 6.72. The van der Waals surface area contributed by atoms with Crippen LogP contribution in [0.25, 0.3) is 6.08 Å². The highest BCUT2D eigenvalue weighted by molar-refractivity contribution is 8.18. The minimum Gasteiger partial charge on any atom is -0.353 e. The minimum absolute atomic E-state index is 0.381. The molecule has 0 atom stereocenters. The highest BCUT2D eigenvalue weighted by atomic mass is 35.5. The van der Waals surface area contributed by atoms with E-state index in [1.54, 1.807) is 12.1 Å². The SMILES string of the molecule is O=C1N=C(N2CCN(c3cccc(Cl)n3)CC2)SC1=Cc1ccc(C(F)(F)F)cc1. The number of piperazine rings is 1. The monoisotopic (exact) mass is 452 g/mol. The van der Waals surface area contributed by atoms with Crippen molar-refractivity contribution in [2.24, 2.45) is 4.99 Å². The van der Waals surface area contributed by atoms with Crippen molar-refractivity contribution in [2.45, 2.75) is 6.18 Å². The Kier molecular flexibility index (Phi) is 5.75. The summed E-state index contributed by atoms with van der Waals surface area (Å²) in [5, 5.41) is 1.05. The molecular formula is C20H16ClF3N4OS. The van der Waals surface area contributed by atoms with Crippen molar-refractivity contribution >= 4 is 46.3 Å². The van der Waals surface area contributed by atoms with Crippen molar-refractivity contribution in [2.75, 3.05) is 31.1 Å². The zero-order valence-electron chi connectivity index (χ0n) is 15.6. The Morgan fingerprint density at radius 2 is 1.67 bits per heavy atom. The second-order valence-corrected chi connectivity index (χ2v) is 8.12. The maximum absolute atomic E-state index is 12.7.